The van der Waals surface area contributed by atoms with Crippen molar-refractivity contribution >= 4 is 23.8 Å². The van der Waals surface area contributed by atoms with Crippen molar-refractivity contribution in [2.75, 3.05) is 13.2 Å². The lowest BCUT2D eigenvalue weighted by atomic mass is 9.97. The lowest BCUT2D eigenvalue weighted by Gasteiger charge is -2.38. The minimum atomic E-state index is -1.04. The summed E-state index contributed by atoms with van der Waals surface area (Å²) in [5.41, 5.74) is -1.04. The molecule has 134 valence electrons. The smallest absolute Gasteiger partial charge is 0.326 e. The third kappa shape index (κ3) is 3.68. The van der Waals surface area contributed by atoms with Gasteiger partial charge in [-0.15, -0.1) is 0 Å². The molecule has 0 aromatic heterocycles. The van der Waals surface area contributed by atoms with Crippen LogP contribution >= 0.6 is 0 Å². The summed E-state index contributed by atoms with van der Waals surface area (Å²) in [6.45, 7) is 6.20. The minimum absolute atomic E-state index is 0.117. The Hall–Kier alpha value is -2.12. The normalized spacial score (nSPS) is 26.3. The number of nitrogens with zero attached hydrogens (tertiary/aromatic N) is 2. The molecule has 2 atom stereocenters. The number of nitrogens with one attached hydrogen (secondary N) is 1. The summed E-state index contributed by atoms with van der Waals surface area (Å²) in [5, 5.41) is 2.48. The topological polar surface area (TPSA) is 96.0 Å². The highest BCUT2D eigenvalue weighted by molar-refractivity contribution is 6.08. The zero-order chi connectivity index (χ0) is 18.1. The molecule has 2 aliphatic heterocycles. The van der Waals surface area contributed by atoms with Crippen molar-refractivity contribution in [2.24, 2.45) is 0 Å². The number of urea groups is 1. The summed E-state index contributed by atoms with van der Waals surface area (Å²) in [6.07, 6.45) is 2.94. The van der Waals surface area contributed by atoms with E-state index in [0.29, 0.717) is 0 Å². The van der Waals surface area contributed by atoms with Crippen LogP contribution in [0.15, 0.2) is 0 Å². The molecule has 0 spiro atoms. The molecule has 8 nitrogen and oxygen atoms in total. The van der Waals surface area contributed by atoms with Gasteiger partial charge in [-0.25, -0.2) is 4.79 Å². The van der Waals surface area contributed by atoms with E-state index in [1.807, 2.05) is 13.8 Å². The number of piperidine rings is 1. The number of esters is 1. The fourth-order valence-electron chi connectivity index (χ4n) is 3.27. The van der Waals surface area contributed by atoms with E-state index in [0.717, 1.165) is 24.2 Å². The summed E-state index contributed by atoms with van der Waals surface area (Å²) in [6, 6.07) is -0.398. The fourth-order valence-corrected chi connectivity index (χ4v) is 3.27. The molecule has 0 unspecified atom stereocenters. The Balaban J connectivity index is 1.86. The van der Waals surface area contributed by atoms with Crippen LogP contribution in [0.2, 0.25) is 0 Å². The first-order valence-corrected chi connectivity index (χ1v) is 8.24. The van der Waals surface area contributed by atoms with Gasteiger partial charge in [0.1, 0.15) is 12.1 Å². The van der Waals surface area contributed by atoms with Gasteiger partial charge in [0.25, 0.3) is 11.8 Å². The van der Waals surface area contributed by atoms with Crippen LogP contribution in [0.1, 0.15) is 47.0 Å². The van der Waals surface area contributed by atoms with Gasteiger partial charge in [-0.05, 0) is 47.0 Å². The van der Waals surface area contributed by atoms with Crippen LogP contribution in [0.25, 0.3) is 0 Å². The largest absolute Gasteiger partial charge is 0.454 e. The van der Waals surface area contributed by atoms with Crippen molar-refractivity contribution in [3.05, 3.63) is 0 Å². The number of rotatable bonds is 4. The highest BCUT2D eigenvalue weighted by Gasteiger charge is 2.45. The summed E-state index contributed by atoms with van der Waals surface area (Å²) in [5.74, 6) is -1.52. The van der Waals surface area contributed by atoms with Gasteiger partial charge in [0.15, 0.2) is 6.61 Å². The number of hydrogen-bond acceptors (Lipinski definition) is 5. The molecule has 0 aliphatic carbocycles. The number of carbonyl (C=O) groups excluding carboxylic acids is 4. The summed E-state index contributed by atoms with van der Waals surface area (Å²) >= 11 is 0. The second kappa shape index (κ2) is 6.78. The molecule has 2 aliphatic rings. The maximum atomic E-state index is 12.3. The van der Waals surface area contributed by atoms with Crippen LogP contribution in [0.5, 0.6) is 0 Å². The van der Waals surface area contributed by atoms with Crippen molar-refractivity contribution in [3.8, 4) is 0 Å². The van der Waals surface area contributed by atoms with Crippen LogP contribution in [0.3, 0.4) is 0 Å². The van der Waals surface area contributed by atoms with E-state index >= 15 is 0 Å². The third-order valence-corrected chi connectivity index (χ3v) is 4.57. The molecule has 0 bridgehead atoms. The van der Waals surface area contributed by atoms with Gasteiger partial charge in [-0.1, -0.05) is 0 Å². The van der Waals surface area contributed by atoms with E-state index in [1.54, 1.807) is 18.7 Å². The number of amides is 4. The summed E-state index contributed by atoms with van der Waals surface area (Å²) in [4.78, 5) is 50.4. The van der Waals surface area contributed by atoms with Crippen LogP contribution in [0, 0.1) is 0 Å². The van der Waals surface area contributed by atoms with Gasteiger partial charge in [0.2, 0.25) is 0 Å². The SMILES string of the molecule is C[C@@H]1CCC[C@@H](C)N1C(=O)COC(=O)CN1C(=O)NC(C)(C)C1=O. The Morgan fingerprint density at radius 1 is 1.21 bits per heavy atom. The van der Waals surface area contributed by atoms with Crippen LogP contribution in [0.4, 0.5) is 4.79 Å². The Morgan fingerprint density at radius 2 is 1.79 bits per heavy atom. The van der Waals surface area contributed by atoms with Gasteiger partial charge >= 0.3 is 12.0 Å². The van der Waals surface area contributed by atoms with Crippen LogP contribution in [-0.4, -0.2) is 64.4 Å². The van der Waals surface area contributed by atoms with E-state index in [9.17, 15) is 19.2 Å². The first-order valence-electron chi connectivity index (χ1n) is 8.24. The van der Waals surface area contributed by atoms with Crippen LogP contribution in [-0.2, 0) is 19.1 Å². The standard InChI is InChI=1S/C16H25N3O5/c1-10-6-5-7-11(2)19(10)12(20)9-24-13(21)8-18-14(22)16(3,4)17-15(18)23/h10-11H,5-9H2,1-4H3,(H,17,23)/t10-,11-/m1/s1. The average Bonchev–Trinajstić information content (AvgIpc) is 2.67. The van der Waals surface area contributed by atoms with Crippen molar-refractivity contribution in [1.29, 1.82) is 0 Å². The Labute approximate surface area is 141 Å². The second-order valence-corrected chi connectivity index (χ2v) is 7.04. The number of ether oxygens (including phenoxy) is 1. The first-order chi connectivity index (χ1) is 11.1. The Bertz CT molecular complexity index is 550. The van der Waals surface area contributed by atoms with Crippen molar-refractivity contribution in [1.82, 2.24) is 15.1 Å². The molecule has 24 heavy (non-hydrogen) atoms. The molecule has 2 fully saturated rings. The second-order valence-electron chi connectivity index (χ2n) is 7.04. The van der Waals surface area contributed by atoms with Crippen molar-refractivity contribution in [3.63, 3.8) is 0 Å². The first kappa shape index (κ1) is 18.2. The predicted octanol–water partition coefficient (Wildman–Crippen LogP) is 0.650. The Morgan fingerprint density at radius 3 is 2.29 bits per heavy atom. The molecular weight excluding hydrogens is 314 g/mol. The lowest BCUT2D eigenvalue weighted by Crippen LogP contribution is -2.49. The van der Waals surface area contributed by atoms with Gasteiger partial charge in [-0.2, -0.15) is 0 Å². The molecule has 0 radical (unpaired) electrons. The summed E-state index contributed by atoms with van der Waals surface area (Å²) in [7, 11) is 0. The van der Waals surface area contributed by atoms with Gasteiger partial charge < -0.3 is 15.0 Å². The highest BCUT2D eigenvalue weighted by Crippen LogP contribution is 2.22. The average molecular weight is 339 g/mol. The number of hydrogen-bond donors (Lipinski definition) is 1. The van der Waals surface area contributed by atoms with Gasteiger partial charge in [0.05, 0.1) is 0 Å². The zero-order valence-electron chi connectivity index (χ0n) is 14.6. The molecule has 2 heterocycles. The fraction of sp³-hybridized carbons (Fsp3) is 0.750. The van der Waals surface area contributed by atoms with Gasteiger partial charge in [0, 0.05) is 12.1 Å². The number of carbonyl (C=O) groups is 4. The van der Waals surface area contributed by atoms with Gasteiger partial charge in [-0.3, -0.25) is 19.3 Å². The quantitative estimate of drug-likeness (QED) is 0.599. The van der Waals surface area contributed by atoms with Crippen molar-refractivity contribution in [2.45, 2.75) is 64.6 Å². The third-order valence-electron chi connectivity index (χ3n) is 4.57. The molecular formula is C16H25N3O5. The monoisotopic (exact) mass is 339 g/mol. The van der Waals surface area contributed by atoms with E-state index < -0.39 is 30.0 Å². The summed E-state index contributed by atoms with van der Waals surface area (Å²) < 4.78 is 4.98. The van der Waals surface area contributed by atoms with E-state index in [1.165, 1.54) is 0 Å². The molecule has 2 rings (SSSR count). The molecule has 0 aromatic rings. The van der Waals surface area contributed by atoms with Crippen LogP contribution < -0.4 is 5.32 Å². The Kier molecular flexibility index (Phi) is 5.15. The molecule has 4 amide bonds. The molecule has 0 aromatic carbocycles. The molecule has 2 saturated heterocycles. The minimum Gasteiger partial charge on any atom is -0.454 e. The van der Waals surface area contributed by atoms with E-state index in [-0.39, 0.29) is 24.6 Å². The van der Waals surface area contributed by atoms with Crippen molar-refractivity contribution < 1.29 is 23.9 Å². The lowest BCUT2D eigenvalue weighted by molar-refractivity contribution is -0.156. The molecule has 0 saturated carbocycles. The maximum Gasteiger partial charge on any atom is 0.326 e. The highest BCUT2D eigenvalue weighted by atomic mass is 16.5. The maximum absolute atomic E-state index is 12.3. The number of imide groups is 1. The molecule has 8 heteroatoms. The number of likely N-dealkylation sites (tertiary alicyclic amines) is 1. The predicted molar refractivity (Wildman–Crippen MR) is 84.9 cm³/mol. The molecule has 1 N–H and O–H groups in total. The van der Waals surface area contributed by atoms with E-state index in [4.69, 9.17) is 4.74 Å². The van der Waals surface area contributed by atoms with E-state index in [2.05, 4.69) is 5.32 Å². The zero-order valence-corrected chi connectivity index (χ0v) is 14.6.